The minimum absolute atomic E-state index is 0.0434. The summed E-state index contributed by atoms with van der Waals surface area (Å²) in [6, 6.07) is 0. The quantitative estimate of drug-likeness (QED) is 0.278. The zero-order valence-electron chi connectivity index (χ0n) is 23.0. The van der Waals surface area contributed by atoms with Crippen LogP contribution in [0.5, 0.6) is 0 Å². The molecule has 4 aliphatic carbocycles. The molecular formula is C27H41BNO8P2+. The standard InChI is InChI=1S/C27H41BNO8P2/c1-4-5-22-36-21-13-19-25(3,27(21,37-22)20(32)15-35-39(33,38)34-11-10-29)14-18(31)23-24(2)8-7-17(30)12-16(24)6-9-26(19,23)28/h7-8,12,18-19,21-23,31,33H,4-6,9-11,13-15,29,38H2,1-3H3/q+1. The van der Waals surface area contributed by atoms with E-state index < -0.39 is 54.5 Å². The molecule has 0 aromatic carbocycles. The summed E-state index contributed by atoms with van der Waals surface area (Å²) in [6.07, 6.45) is 6.62. The summed E-state index contributed by atoms with van der Waals surface area (Å²) >= 11 is 0. The fourth-order valence-corrected chi connectivity index (χ4v) is 9.99. The molecule has 0 spiro atoms. The van der Waals surface area contributed by atoms with Crippen molar-refractivity contribution in [3.05, 3.63) is 23.8 Å². The van der Waals surface area contributed by atoms with Crippen LogP contribution < -0.4 is 5.73 Å². The fourth-order valence-electron chi connectivity index (χ4n) is 8.71. The zero-order chi connectivity index (χ0) is 28.4. The van der Waals surface area contributed by atoms with E-state index in [1.807, 2.05) is 19.9 Å². The molecule has 5 rings (SSSR count). The Morgan fingerprint density at radius 2 is 2.10 bits per heavy atom. The Labute approximate surface area is 234 Å². The van der Waals surface area contributed by atoms with E-state index in [0.29, 0.717) is 25.7 Å². The Balaban J connectivity index is 1.51. The van der Waals surface area contributed by atoms with Gasteiger partial charge in [0.1, 0.15) is 15.5 Å². The van der Waals surface area contributed by atoms with E-state index in [-0.39, 0.29) is 43.0 Å². The number of aliphatic hydroxyl groups excluding tert-OH is 1. The van der Waals surface area contributed by atoms with Crippen LogP contribution in [0.25, 0.3) is 0 Å². The van der Waals surface area contributed by atoms with Crippen molar-refractivity contribution in [3.8, 4) is 0 Å². The average molecular weight is 580 g/mol. The Morgan fingerprint density at radius 3 is 2.79 bits per heavy atom. The van der Waals surface area contributed by atoms with Gasteiger partial charge in [-0.05, 0) is 49.7 Å². The lowest BCUT2D eigenvalue weighted by atomic mass is 9.34. The lowest BCUT2D eigenvalue weighted by molar-refractivity contribution is -0.197. The summed E-state index contributed by atoms with van der Waals surface area (Å²) < 4.78 is 23.9. The number of ketones is 2. The minimum Gasteiger partial charge on any atom is -0.393 e. The summed E-state index contributed by atoms with van der Waals surface area (Å²) in [5.74, 6) is -0.933. The van der Waals surface area contributed by atoms with E-state index in [1.165, 1.54) is 0 Å². The van der Waals surface area contributed by atoms with Crippen LogP contribution in [0.15, 0.2) is 23.8 Å². The van der Waals surface area contributed by atoms with Crippen LogP contribution in [0.4, 0.5) is 0 Å². The Bertz CT molecular complexity index is 1090. The number of nitrogens with two attached hydrogens (primary N) is 1. The number of aliphatic hydroxyl groups is 1. The molecule has 1 saturated heterocycles. The van der Waals surface area contributed by atoms with E-state index in [1.54, 1.807) is 12.2 Å². The van der Waals surface area contributed by atoms with Gasteiger partial charge in [0.15, 0.2) is 30.1 Å². The summed E-state index contributed by atoms with van der Waals surface area (Å²) in [5.41, 5.74) is 3.67. The van der Waals surface area contributed by atoms with Crippen LogP contribution in [-0.4, -0.2) is 73.3 Å². The van der Waals surface area contributed by atoms with Gasteiger partial charge in [-0.1, -0.05) is 50.6 Å². The first-order valence-electron chi connectivity index (χ1n) is 13.9. The smallest absolute Gasteiger partial charge is 0.393 e. The lowest BCUT2D eigenvalue weighted by Gasteiger charge is -2.65. The van der Waals surface area contributed by atoms with Crippen LogP contribution in [-0.2, 0) is 28.1 Å². The lowest BCUT2D eigenvalue weighted by Crippen LogP contribution is -2.65. The Hall–Kier alpha value is -0.535. The predicted octanol–water partition coefficient (Wildman–Crippen LogP) is 2.97. The number of carbonyl (C=O) groups is 2. The maximum Gasteiger partial charge on any atom is 0.419 e. The molecule has 0 aromatic rings. The molecule has 1 aliphatic heterocycles. The maximum atomic E-state index is 14.2. The number of hydrogen-bond acceptors (Lipinski definition) is 9. The van der Waals surface area contributed by atoms with Crippen LogP contribution >= 0.6 is 16.6 Å². The van der Waals surface area contributed by atoms with Gasteiger partial charge in [0.25, 0.3) is 0 Å². The third-order valence-electron chi connectivity index (χ3n) is 10.2. The molecule has 39 heavy (non-hydrogen) atoms. The minimum atomic E-state index is -3.35. The summed E-state index contributed by atoms with van der Waals surface area (Å²) in [7, 11) is 6.18. The van der Waals surface area contributed by atoms with Crippen molar-refractivity contribution in [2.45, 2.75) is 88.7 Å². The monoisotopic (exact) mass is 580 g/mol. The Kier molecular flexibility index (Phi) is 7.93. The topological polar surface area (TPSA) is 138 Å². The van der Waals surface area contributed by atoms with Gasteiger partial charge in [0, 0.05) is 17.4 Å². The molecule has 1 heterocycles. The summed E-state index contributed by atoms with van der Waals surface area (Å²) in [6.45, 7) is 5.92. The van der Waals surface area contributed by atoms with Crippen molar-refractivity contribution in [1.82, 2.24) is 0 Å². The summed E-state index contributed by atoms with van der Waals surface area (Å²) in [5, 5.41) is 11.0. The second-order valence-electron chi connectivity index (χ2n) is 12.3. The van der Waals surface area contributed by atoms with Gasteiger partial charge in [0.2, 0.25) is 0 Å². The van der Waals surface area contributed by atoms with Crippen LogP contribution in [0.2, 0.25) is 5.31 Å². The van der Waals surface area contributed by atoms with Gasteiger partial charge < -0.3 is 20.3 Å². The molecule has 2 radical (unpaired) electrons. The molecule has 11 atom stereocenters. The second-order valence-corrected chi connectivity index (χ2v) is 15.9. The van der Waals surface area contributed by atoms with E-state index in [0.717, 1.165) is 12.0 Å². The van der Waals surface area contributed by atoms with Crippen molar-refractivity contribution in [3.63, 3.8) is 0 Å². The van der Waals surface area contributed by atoms with E-state index in [9.17, 15) is 19.6 Å². The number of ether oxygens (including phenoxy) is 2. The first kappa shape index (κ1) is 29.9. The van der Waals surface area contributed by atoms with Gasteiger partial charge in [-0.15, -0.1) is 0 Å². The SMILES string of the molecule is [B]C12CCC3=CC(=O)C=CC3(C)C1C(O)CC1(C)C2CC2OC(CCC)OC21C(=O)CO[P+](O)(P)OCCN. The van der Waals surface area contributed by atoms with Crippen molar-refractivity contribution in [2.75, 3.05) is 19.8 Å². The van der Waals surface area contributed by atoms with Crippen LogP contribution in [0, 0.1) is 22.7 Å². The zero-order valence-corrected chi connectivity index (χ0v) is 25.1. The highest BCUT2D eigenvalue weighted by molar-refractivity contribution is 8.16. The molecule has 0 bridgehead atoms. The average Bonchev–Trinajstić information content (AvgIpc) is 3.35. The van der Waals surface area contributed by atoms with Gasteiger partial charge in [-0.3, -0.25) is 9.59 Å². The predicted molar refractivity (Wildman–Crippen MR) is 151 cm³/mol. The van der Waals surface area contributed by atoms with Crippen molar-refractivity contribution in [2.24, 2.45) is 28.4 Å². The van der Waals surface area contributed by atoms with E-state index in [2.05, 4.69) is 15.9 Å². The number of Topliss-reactive ketones (excluding diaryl/α,β-unsaturated/α-hetero) is 1. The normalized spacial score (nSPS) is 46.1. The molecule has 9 nitrogen and oxygen atoms in total. The molecule has 4 N–H and O–H groups in total. The van der Waals surface area contributed by atoms with Gasteiger partial charge >= 0.3 is 7.63 Å². The van der Waals surface area contributed by atoms with Crippen molar-refractivity contribution in [1.29, 1.82) is 0 Å². The molecule has 11 unspecified atom stereocenters. The molecule has 3 saturated carbocycles. The third kappa shape index (κ3) is 4.49. The number of allylic oxidation sites excluding steroid dienone is 4. The second kappa shape index (κ2) is 10.3. The van der Waals surface area contributed by atoms with Gasteiger partial charge in [0.05, 0.1) is 20.1 Å². The molecule has 0 aromatic heterocycles. The van der Waals surface area contributed by atoms with Crippen LogP contribution in [0.1, 0.15) is 59.3 Å². The largest absolute Gasteiger partial charge is 0.419 e. The number of rotatable bonds is 9. The van der Waals surface area contributed by atoms with Crippen molar-refractivity contribution >= 4 is 36.0 Å². The Morgan fingerprint density at radius 1 is 1.36 bits per heavy atom. The van der Waals surface area contributed by atoms with E-state index >= 15 is 0 Å². The molecule has 4 fully saturated rings. The highest BCUT2D eigenvalue weighted by atomic mass is 32.1. The highest BCUT2D eigenvalue weighted by Gasteiger charge is 2.78. The molecule has 12 heteroatoms. The first-order valence-corrected chi connectivity index (χ1v) is 17.1. The number of hydrogen-bond donors (Lipinski definition) is 3. The first-order chi connectivity index (χ1) is 18.3. The van der Waals surface area contributed by atoms with Crippen LogP contribution in [0.3, 0.4) is 0 Å². The fraction of sp³-hybridized carbons (Fsp3) is 0.778. The highest BCUT2D eigenvalue weighted by Crippen LogP contribution is 2.76. The molecule has 0 amide bonds. The van der Waals surface area contributed by atoms with Crippen molar-refractivity contribution < 1.29 is 38.1 Å². The maximum absolute atomic E-state index is 14.2. The number of carbonyl (C=O) groups excluding carboxylic acids is 2. The molecule has 214 valence electrons. The third-order valence-corrected chi connectivity index (χ3v) is 12.1. The summed E-state index contributed by atoms with van der Waals surface area (Å²) in [4.78, 5) is 36.9. The van der Waals surface area contributed by atoms with E-state index in [4.69, 9.17) is 32.1 Å². The van der Waals surface area contributed by atoms with Gasteiger partial charge in [-0.25, -0.2) is 0 Å². The molecular weight excluding hydrogens is 539 g/mol. The number of fused-ring (bicyclic) bond motifs is 7. The molecule has 5 aliphatic rings. The van der Waals surface area contributed by atoms with Gasteiger partial charge in [-0.2, -0.15) is 13.9 Å².